The van der Waals surface area contributed by atoms with Gasteiger partial charge >= 0.3 is 0 Å². The van der Waals surface area contributed by atoms with Crippen molar-refractivity contribution in [1.29, 1.82) is 0 Å². The van der Waals surface area contributed by atoms with Crippen LogP contribution in [0.3, 0.4) is 0 Å². The maximum atomic E-state index is 11.9. The van der Waals surface area contributed by atoms with Gasteiger partial charge in [0.2, 0.25) is 5.91 Å². The van der Waals surface area contributed by atoms with E-state index in [0.29, 0.717) is 26.2 Å². The van der Waals surface area contributed by atoms with Crippen LogP contribution in [0.5, 0.6) is 0 Å². The summed E-state index contributed by atoms with van der Waals surface area (Å²) in [7, 11) is 0. The van der Waals surface area contributed by atoms with Crippen molar-refractivity contribution >= 4 is 23.1 Å². The van der Waals surface area contributed by atoms with Crippen LogP contribution in [-0.2, 0) is 9.53 Å². The number of nitrogens with one attached hydrogen (secondary N) is 1. The number of ether oxygens (including phenoxy) is 1. The van der Waals surface area contributed by atoms with E-state index in [-0.39, 0.29) is 10.9 Å². The van der Waals surface area contributed by atoms with Crippen LogP contribution in [0.4, 0.5) is 0 Å². The summed E-state index contributed by atoms with van der Waals surface area (Å²) in [5.74, 6) is -0.0981. The number of thiocarbonyl (C=S) groups is 1. The molecule has 0 fully saturated rings. The highest BCUT2D eigenvalue weighted by Crippen LogP contribution is 2.21. The highest BCUT2D eigenvalue weighted by Gasteiger charge is 2.33. The highest BCUT2D eigenvalue weighted by atomic mass is 32.1. The molecule has 0 aromatic rings. The van der Waals surface area contributed by atoms with Crippen LogP contribution in [0.15, 0.2) is 0 Å². The van der Waals surface area contributed by atoms with Gasteiger partial charge in [0, 0.05) is 19.8 Å². The standard InChI is InChI=1S/C11H22N2O2S/c1-4-11(3,9(12)16)10(14)13-7-6-8-15-5-2/h4-8H2,1-3H3,(H2,12,16)(H,13,14). The molecule has 3 N–H and O–H groups in total. The number of carbonyl (C=O) groups is 1. The maximum absolute atomic E-state index is 11.9. The van der Waals surface area contributed by atoms with Gasteiger partial charge in [0.15, 0.2) is 0 Å². The average molecular weight is 246 g/mol. The second-order valence-electron chi connectivity index (χ2n) is 3.86. The summed E-state index contributed by atoms with van der Waals surface area (Å²) in [6.07, 6.45) is 1.41. The quantitative estimate of drug-likeness (QED) is 0.499. The summed E-state index contributed by atoms with van der Waals surface area (Å²) < 4.78 is 5.17. The second-order valence-corrected chi connectivity index (χ2v) is 4.30. The Hall–Kier alpha value is -0.680. The topological polar surface area (TPSA) is 64.3 Å². The van der Waals surface area contributed by atoms with Crippen LogP contribution in [0.25, 0.3) is 0 Å². The predicted molar refractivity (Wildman–Crippen MR) is 69.3 cm³/mol. The second kappa shape index (κ2) is 7.57. The molecule has 0 bridgehead atoms. The summed E-state index contributed by atoms with van der Waals surface area (Å²) in [4.78, 5) is 12.1. The van der Waals surface area contributed by atoms with E-state index in [0.717, 1.165) is 6.42 Å². The maximum Gasteiger partial charge on any atom is 0.232 e. The van der Waals surface area contributed by atoms with Gasteiger partial charge in [-0.2, -0.15) is 0 Å². The molecule has 0 aliphatic rings. The Morgan fingerprint density at radius 3 is 2.56 bits per heavy atom. The molecule has 94 valence electrons. The van der Waals surface area contributed by atoms with Crippen molar-refractivity contribution in [3.8, 4) is 0 Å². The number of amides is 1. The first-order valence-corrected chi connectivity index (χ1v) is 6.05. The van der Waals surface area contributed by atoms with E-state index < -0.39 is 5.41 Å². The molecule has 0 aromatic carbocycles. The van der Waals surface area contributed by atoms with Crippen molar-refractivity contribution in [3.05, 3.63) is 0 Å². The number of carbonyl (C=O) groups excluding carboxylic acids is 1. The third kappa shape index (κ3) is 4.45. The van der Waals surface area contributed by atoms with Crippen molar-refractivity contribution in [2.45, 2.75) is 33.6 Å². The molecule has 1 amide bonds. The largest absolute Gasteiger partial charge is 0.392 e. The minimum atomic E-state index is -0.735. The zero-order valence-electron chi connectivity index (χ0n) is 10.3. The van der Waals surface area contributed by atoms with Gasteiger partial charge in [-0.1, -0.05) is 19.1 Å². The molecule has 0 aliphatic heterocycles. The first-order chi connectivity index (χ1) is 7.49. The van der Waals surface area contributed by atoms with Crippen molar-refractivity contribution < 1.29 is 9.53 Å². The zero-order chi connectivity index (χ0) is 12.6. The minimum Gasteiger partial charge on any atom is -0.392 e. The van der Waals surface area contributed by atoms with E-state index in [1.807, 2.05) is 13.8 Å². The van der Waals surface area contributed by atoms with Gasteiger partial charge in [-0.05, 0) is 26.7 Å². The predicted octanol–water partition coefficient (Wildman–Crippen LogP) is 1.23. The molecule has 0 heterocycles. The first-order valence-electron chi connectivity index (χ1n) is 5.65. The third-order valence-corrected chi connectivity index (χ3v) is 3.16. The molecular formula is C11H22N2O2S. The van der Waals surface area contributed by atoms with E-state index in [2.05, 4.69) is 5.32 Å². The van der Waals surface area contributed by atoms with E-state index in [9.17, 15) is 4.79 Å². The highest BCUT2D eigenvalue weighted by molar-refractivity contribution is 7.80. The molecule has 0 spiro atoms. The molecule has 0 saturated heterocycles. The third-order valence-electron chi connectivity index (χ3n) is 2.71. The normalized spacial score (nSPS) is 14.2. The monoisotopic (exact) mass is 246 g/mol. The minimum absolute atomic E-state index is 0.0981. The molecule has 0 radical (unpaired) electrons. The lowest BCUT2D eigenvalue weighted by Crippen LogP contribution is -2.46. The summed E-state index contributed by atoms with van der Waals surface area (Å²) in [5.41, 5.74) is 4.85. The van der Waals surface area contributed by atoms with Crippen LogP contribution in [0.1, 0.15) is 33.6 Å². The van der Waals surface area contributed by atoms with Crippen LogP contribution >= 0.6 is 12.2 Å². The van der Waals surface area contributed by atoms with Gasteiger partial charge in [-0.25, -0.2) is 0 Å². The Kier molecular flexibility index (Phi) is 7.25. The molecule has 1 unspecified atom stereocenters. The van der Waals surface area contributed by atoms with Gasteiger partial charge in [-0.3, -0.25) is 4.79 Å². The lowest BCUT2D eigenvalue weighted by atomic mass is 9.86. The fourth-order valence-electron chi connectivity index (χ4n) is 1.16. The molecular weight excluding hydrogens is 224 g/mol. The van der Waals surface area contributed by atoms with Crippen LogP contribution in [0, 0.1) is 5.41 Å². The van der Waals surface area contributed by atoms with Gasteiger partial charge in [0.1, 0.15) is 0 Å². The molecule has 0 aliphatic carbocycles. The van der Waals surface area contributed by atoms with Gasteiger partial charge < -0.3 is 15.8 Å². The van der Waals surface area contributed by atoms with Crippen molar-refractivity contribution in [2.75, 3.05) is 19.8 Å². The summed E-state index contributed by atoms with van der Waals surface area (Å²) in [5, 5.41) is 2.83. The SMILES string of the molecule is CCOCCCNC(=O)C(C)(CC)C(N)=S. The van der Waals surface area contributed by atoms with Crippen molar-refractivity contribution in [2.24, 2.45) is 11.1 Å². The van der Waals surface area contributed by atoms with Crippen molar-refractivity contribution in [1.82, 2.24) is 5.32 Å². The number of nitrogens with two attached hydrogens (primary N) is 1. The molecule has 0 saturated carbocycles. The molecule has 16 heavy (non-hydrogen) atoms. The Bertz CT molecular complexity index is 246. The fraction of sp³-hybridized carbons (Fsp3) is 0.818. The Morgan fingerprint density at radius 2 is 2.12 bits per heavy atom. The van der Waals surface area contributed by atoms with E-state index in [1.165, 1.54) is 0 Å². The Morgan fingerprint density at radius 1 is 1.50 bits per heavy atom. The molecule has 4 nitrogen and oxygen atoms in total. The average Bonchev–Trinajstić information content (AvgIpc) is 2.27. The molecule has 1 atom stereocenters. The van der Waals surface area contributed by atoms with Gasteiger partial charge in [0.25, 0.3) is 0 Å². The summed E-state index contributed by atoms with van der Waals surface area (Å²) in [6, 6.07) is 0. The van der Waals surface area contributed by atoms with Crippen LogP contribution in [-0.4, -0.2) is 30.7 Å². The van der Waals surface area contributed by atoms with Crippen molar-refractivity contribution in [3.63, 3.8) is 0 Å². The molecule has 0 aromatic heterocycles. The van der Waals surface area contributed by atoms with Crippen LogP contribution < -0.4 is 11.1 Å². The Labute approximate surface area is 103 Å². The van der Waals surface area contributed by atoms with E-state index in [1.54, 1.807) is 6.92 Å². The fourth-order valence-corrected chi connectivity index (χ4v) is 1.40. The van der Waals surface area contributed by atoms with Gasteiger partial charge in [-0.15, -0.1) is 0 Å². The van der Waals surface area contributed by atoms with Crippen LogP contribution in [0.2, 0.25) is 0 Å². The molecule has 5 heteroatoms. The van der Waals surface area contributed by atoms with E-state index in [4.69, 9.17) is 22.7 Å². The lowest BCUT2D eigenvalue weighted by molar-refractivity contribution is -0.127. The molecule has 0 rings (SSSR count). The summed E-state index contributed by atoms with van der Waals surface area (Å²) >= 11 is 4.92. The Balaban J connectivity index is 3.99. The number of hydrogen-bond acceptors (Lipinski definition) is 3. The number of rotatable bonds is 8. The van der Waals surface area contributed by atoms with Gasteiger partial charge in [0.05, 0.1) is 10.4 Å². The lowest BCUT2D eigenvalue weighted by Gasteiger charge is -2.25. The first kappa shape index (κ1) is 15.3. The smallest absolute Gasteiger partial charge is 0.232 e. The van der Waals surface area contributed by atoms with E-state index >= 15 is 0 Å². The summed E-state index contributed by atoms with van der Waals surface area (Å²) in [6.45, 7) is 7.57. The number of hydrogen-bond donors (Lipinski definition) is 2. The zero-order valence-corrected chi connectivity index (χ0v) is 11.2.